The molecule has 0 saturated carbocycles. The molecule has 1 unspecified atom stereocenters. The molecule has 9 nitrogen and oxygen atoms in total. The van der Waals surface area contributed by atoms with Gasteiger partial charge in [-0.3, -0.25) is 4.79 Å². The second kappa shape index (κ2) is 9.04. The van der Waals surface area contributed by atoms with E-state index < -0.39 is 15.9 Å². The van der Waals surface area contributed by atoms with Gasteiger partial charge in [-0.25, -0.2) is 13.4 Å². The average molecular weight is 444 g/mol. The molecule has 3 N–H and O–H groups in total. The van der Waals surface area contributed by atoms with Crippen LogP contribution < -0.4 is 5.32 Å². The van der Waals surface area contributed by atoms with E-state index >= 15 is 0 Å². The lowest BCUT2D eigenvalue weighted by atomic mass is 10.2. The van der Waals surface area contributed by atoms with Gasteiger partial charge in [-0.05, 0) is 18.1 Å². The Bertz CT molecular complexity index is 1130. The summed E-state index contributed by atoms with van der Waals surface area (Å²) < 4.78 is 32.1. The molecule has 10 heteroatoms. The number of carbonyl (C=O) groups excluding carboxylic acids is 1. The predicted molar refractivity (Wildman–Crippen MR) is 115 cm³/mol. The number of sulfonamides is 1. The van der Waals surface area contributed by atoms with Crippen LogP contribution in [0.1, 0.15) is 35.7 Å². The maximum Gasteiger partial charge on any atom is 0.268 e. The molecular formula is C21H25N5O4S. The van der Waals surface area contributed by atoms with Gasteiger partial charge in [0.15, 0.2) is 0 Å². The van der Waals surface area contributed by atoms with Crippen molar-refractivity contribution in [2.45, 2.75) is 24.3 Å². The van der Waals surface area contributed by atoms with Gasteiger partial charge in [-0.15, -0.1) is 0 Å². The highest BCUT2D eigenvalue weighted by atomic mass is 32.2. The summed E-state index contributed by atoms with van der Waals surface area (Å²) in [4.78, 5) is 23.3. The zero-order valence-corrected chi connectivity index (χ0v) is 18.0. The molecular weight excluding hydrogens is 418 g/mol. The Balaban J connectivity index is 1.47. The fourth-order valence-electron chi connectivity index (χ4n) is 3.47. The summed E-state index contributed by atoms with van der Waals surface area (Å²) in [5, 5.41) is 2.92. The third-order valence-electron chi connectivity index (χ3n) is 5.23. The first-order valence-electron chi connectivity index (χ1n) is 10.2. The number of carbonyl (C=O) groups is 1. The normalized spacial score (nSPS) is 16.2. The van der Waals surface area contributed by atoms with Gasteiger partial charge in [-0.1, -0.05) is 37.3 Å². The minimum atomic E-state index is -3.66. The molecule has 4 rings (SSSR count). The first-order valence-corrected chi connectivity index (χ1v) is 11.6. The number of imidazole rings is 1. The van der Waals surface area contributed by atoms with Gasteiger partial charge >= 0.3 is 0 Å². The lowest BCUT2D eigenvalue weighted by Crippen LogP contribution is -2.40. The Hall–Kier alpha value is -2.95. The van der Waals surface area contributed by atoms with Crippen LogP contribution in [0.2, 0.25) is 0 Å². The van der Waals surface area contributed by atoms with E-state index in [-0.39, 0.29) is 16.6 Å². The molecule has 1 aliphatic heterocycles. The van der Waals surface area contributed by atoms with Gasteiger partial charge in [0.1, 0.15) is 16.4 Å². The molecule has 0 radical (unpaired) electrons. The Morgan fingerprint density at radius 2 is 2.00 bits per heavy atom. The van der Waals surface area contributed by atoms with E-state index in [4.69, 9.17) is 4.74 Å². The van der Waals surface area contributed by atoms with E-state index in [0.717, 1.165) is 11.3 Å². The van der Waals surface area contributed by atoms with E-state index in [1.807, 2.05) is 37.3 Å². The lowest BCUT2D eigenvalue weighted by molar-refractivity contribution is 0.0730. The van der Waals surface area contributed by atoms with Crippen LogP contribution in [0.25, 0.3) is 11.3 Å². The van der Waals surface area contributed by atoms with Crippen molar-refractivity contribution in [2.75, 3.05) is 26.3 Å². The molecule has 1 aromatic carbocycles. The number of amides is 1. The number of hydrogen-bond acceptors (Lipinski definition) is 5. The van der Waals surface area contributed by atoms with Crippen LogP contribution in [-0.4, -0.2) is 59.9 Å². The van der Waals surface area contributed by atoms with Gasteiger partial charge in [0, 0.05) is 19.3 Å². The van der Waals surface area contributed by atoms with Gasteiger partial charge in [-0.2, -0.15) is 4.31 Å². The molecule has 1 saturated heterocycles. The Labute approximate surface area is 180 Å². The van der Waals surface area contributed by atoms with Gasteiger partial charge in [0.25, 0.3) is 5.91 Å². The summed E-state index contributed by atoms with van der Waals surface area (Å²) in [6.07, 6.45) is 3.70. The Morgan fingerprint density at radius 1 is 1.26 bits per heavy atom. The summed E-state index contributed by atoms with van der Waals surface area (Å²) >= 11 is 0. The molecule has 1 amide bonds. The van der Waals surface area contributed by atoms with Gasteiger partial charge in [0.2, 0.25) is 10.0 Å². The number of rotatable bonds is 7. The fraction of sp³-hybridized carbons (Fsp3) is 0.333. The number of nitrogens with one attached hydrogen (secondary N) is 3. The van der Waals surface area contributed by atoms with Crippen molar-refractivity contribution in [1.82, 2.24) is 24.6 Å². The molecule has 1 fully saturated rings. The number of hydrogen-bond donors (Lipinski definition) is 3. The first-order chi connectivity index (χ1) is 15.0. The molecule has 3 aromatic rings. The molecule has 2 aromatic heterocycles. The smallest absolute Gasteiger partial charge is 0.268 e. The second-order valence-corrected chi connectivity index (χ2v) is 9.19. The highest BCUT2D eigenvalue weighted by molar-refractivity contribution is 7.89. The van der Waals surface area contributed by atoms with Crippen molar-refractivity contribution < 1.29 is 17.9 Å². The molecule has 0 aliphatic carbocycles. The summed E-state index contributed by atoms with van der Waals surface area (Å²) in [6.45, 7) is 3.27. The third kappa shape index (κ3) is 4.55. The molecule has 1 atom stereocenters. The Kier molecular flexibility index (Phi) is 6.21. The largest absolute Gasteiger partial charge is 0.379 e. The summed E-state index contributed by atoms with van der Waals surface area (Å²) in [5.74, 6) is 0.246. The van der Waals surface area contributed by atoms with Gasteiger partial charge < -0.3 is 20.0 Å². The van der Waals surface area contributed by atoms with E-state index in [1.165, 1.54) is 16.6 Å². The van der Waals surface area contributed by atoms with Crippen LogP contribution in [0.3, 0.4) is 0 Å². The lowest BCUT2D eigenvalue weighted by Gasteiger charge is -2.25. The molecule has 0 bridgehead atoms. The topological polar surface area (TPSA) is 120 Å². The van der Waals surface area contributed by atoms with Crippen molar-refractivity contribution in [3.63, 3.8) is 0 Å². The number of morpholine rings is 1. The maximum atomic E-state index is 12.8. The summed E-state index contributed by atoms with van der Waals surface area (Å²) in [5.41, 5.74) is 2.05. The predicted octanol–water partition coefficient (Wildman–Crippen LogP) is 2.31. The zero-order chi connectivity index (χ0) is 21.8. The monoisotopic (exact) mass is 443 g/mol. The van der Waals surface area contributed by atoms with Crippen molar-refractivity contribution in [2.24, 2.45) is 0 Å². The van der Waals surface area contributed by atoms with Crippen molar-refractivity contribution in [3.05, 3.63) is 60.3 Å². The van der Waals surface area contributed by atoms with Crippen LogP contribution >= 0.6 is 0 Å². The average Bonchev–Trinajstić information content (AvgIpc) is 3.49. The second-order valence-electron chi connectivity index (χ2n) is 7.25. The van der Waals surface area contributed by atoms with E-state index in [0.29, 0.717) is 38.5 Å². The fourth-order valence-corrected chi connectivity index (χ4v) is 4.87. The van der Waals surface area contributed by atoms with Crippen molar-refractivity contribution in [3.8, 4) is 11.3 Å². The van der Waals surface area contributed by atoms with Crippen LogP contribution in [0, 0.1) is 0 Å². The minimum absolute atomic E-state index is 0.0666. The first kappa shape index (κ1) is 21.3. The molecule has 3 heterocycles. The van der Waals surface area contributed by atoms with E-state index in [9.17, 15) is 13.2 Å². The van der Waals surface area contributed by atoms with E-state index in [2.05, 4.69) is 20.3 Å². The number of aromatic amines is 2. The molecule has 164 valence electrons. The zero-order valence-electron chi connectivity index (χ0n) is 17.2. The van der Waals surface area contributed by atoms with Crippen LogP contribution in [-0.2, 0) is 14.8 Å². The summed E-state index contributed by atoms with van der Waals surface area (Å²) in [6, 6.07) is 10.8. The number of aromatic nitrogens is 3. The number of H-pyrrole nitrogens is 2. The summed E-state index contributed by atoms with van der Waals surface area (Å²) in [7, 11) is -3.66. The number of ether oxygens (including phenoxy) is 1. The third-order valence-corrected chi connectivity index (χ3v) is 7.11. The number of benzene rings is 1. The SMILES string of the molecule is CCC(NC(=O)c1cc(S(=O)(=O)N2CCOCC2)c[nH]1)c1ncc(-c2ccccc2)[nH]1. The van der Waals surface area contributed by atoms with Gasteiger partial charge in [0.05, 0.1) is 31.1 Å². The highest BCUT2D eigenvalue weighted by Crippen LogP contribution is 2.22. The molecule has 1 aliphatic rings. The Morgan fingerprint density at radius 3 is 2.71 bits per heavy atom. The quantitative estimate of drug-likeness (QED) is 0.518. The maximum absolute atomic E-state index is 12.8. The van der Waals surface area contributed by atoms with Crippen LogP contribution in [0.4, 0.5) is 0 Å². The van der Waals surface area contributed by atoms with Crippen LogP contribution in [0.5, 0.6) is 0 Å². The molecule has 31 heavy (non-hydrogen) atoms. The van der Waals surface area contributed by atoms with Crippen LogP contribution in [0.15, 0.2) is 53.7 Å². The standard InChI is InChI=1S/C21H25N5O4S/c1-2-17(20-23-14-19(24-20)15-6-4-3-5-7-15)25-21(27)18-12-16(13-22-18)31(28,29)26-8-10-30-11-9-26/h3-7,12-14,17,22H,2,8-11H2,1H3,(H,23,24)(H,25,27). The van der Waals surface area contributed by atoms with Crippen molar-refractivity contribution in [1.29, 1.82) is 0 Å². The van der Waals surface area contributed by atoms with Crippen molar-refractivity contribution >= 4 is 15.9 Å². The minimum Gasteiger partial charge on any atom is -0.379 e. The highest BCUT2D eigenvalue weighted by Gasteiger charge is 2.28. The number of nitrogens with zero attached hydrogens (tertiary/aromatic N) is 2. The van der Waals surface area contributed by atoms with E-state index in [1.54, 1.807) is 6.20 Å². The molecule has 0 spiro atoms.